The van der Waals surface area contributed by atoms with Gasteiger partial charge < -0.3 is 10.2 Å². The monoisotopic (exact) mass is 371 g/mol. The summed E-state index contributed by atoms with van der Waals surface area (Å²) in [5, 5.41) is 3.56. The van der Waals surface area contributed by atoms with Gasteiger partial charge in [-0.05, 0) is 32.9 Å². The maximum Gasteiger partial charge on any atom is 0.273 e. The quantitative estimate of drug-likeness (QED) is 0.720. The number of amides is 1. The smallest absolute Gasteiger partial charge is 0.273 e. The van der Waals surface area contributed by atoms with Gasteiger partial charge in [0.05, 0.1) is 0 Å². The Balaban J connectivity index is 1.81. The zero-order valence-electron chi connectivity index (χ0n) is 15.0. The van der Waals surface area contributed by atoms with Gasteiger partial charge in [0.1, 0.15) is 17.6 Å². The van der Waals surface area contributed by atoms with E-state index in [4.69, 9.17) is 0 Å². The largest absolute Gasteiger partial charge is 0.349 e. The van der Waals surface area contributed by atoms with E-state index in [-0.39, 0.29) is 18.0 Å². The Morgan fingerprint density at radius 2 is 1.92 bits per heavy atom. The lowest BCUT2D eigenvalue weighted by atomic mass is 10.2. The number of anilines is 2. The summed E-state index contributed by atoms with van der Waals surface area (Å²) in [5.41, 5.74) is 1.99. The molecule has 0 aliphatic rings. The zero-order chi connectivity index (χ0) is 18.7. The van der Waals surface area contributed by atoms with Crippen molar-refractivity contribution in [3.63, 3.8) is 0 Å². The summed E-state index contributed by atoms with van der Waals surface area (Å²) < 4.78 is 1.79. The first-order chi connectivity index (χ1) is 12.5. The Morgan fingerprint density at radius 1 is 1.23 bits per heavy atom. The van der Waals surface area contributed by atoms with E-state index in [1.165, 1.54) is 22.2 Å². The second-order valence-electron chi connectivity index (χ2n) is 5.91. The fourth-order valence-corrected chi connectivity index (χ4v) is 3.67. The Bertz CT molecular complexity index is 973. The number of nitrogens with one attached hydrogen (secondary N) is 1. The van der Waals surface area contributed by atoms with Crippen LogP contribution in [0.25, 0.3) is 10.3 Å². The third-order valence-corrected chi connectivity index (χ3v) is 5.15. The van der Waals surface area contributed by atoms with Gasteiger partial charge >= 0.3 is 0 Å². The summed E-state index contributed by atoms with van der Waals surface area (Å²) in [5.74, 6) is -0.273. The number of benzene rings is 1. The molecular weight excluding hydrogens is 350 g/mol. The molecule has 136 valence electrons. The van der Waals surface area contributed by atoms with Gasteiger partial charge in [0.25, 0.3) is 5.56 Å². The van der Waals surface area contributed by atoms with Gasteiger partial charge in [-0.1, -0.05) is 29.0 Å². The molecule has 7 nitrogen and oxygen atoms in total. The van der Waals surface area contributed by atoms with Crippen LogP contribution in [0.5, 0.6) is 0 Å². The molecule has 3 aromatic rings. The van der Waals surface area contributed by atoms with E-state index in [1.807, 2.05) is 45.0 Å². The van der Waals surface area contributed by atoms with Gasteiger partial charge in [-0.3, -0.25) is 14.2 Å². The number of fused-ring (bicyclic) bond motifs is 1. The van der Waals surface area contributed by atoms with Crippen molar-refractivity contribution in [2.24, 2.45) is 0 Å². The van der Waals surface area contributed by atoms with Crippen molar-refractivity contribution in [2.75, 3.05) is 23.3 Å². The number of hydrogen-bond acceptors (Lipinski definition) is 6. The molecule has 0 atom stereocenters. The van der Waals surface area contributed by atoms with Crippen molar-refractivity contribution < 1.29 is 4.79 Å². The van der Waals surface area contributed by atoms with Crippen molar-refractivity contribution in [3.05, 3.63) is 46.5 Å². The van der Waals surface area contributed by atoms with Crippen molar-refractivity contribution >= 4 is 38.4 Å². The molecule has 0 unspecified atom stereocenters. The van der Waals surface area contributed by atoms with E-state index in [0.29, 0.717) is 16.0 Å². The Labute approximate surface area is 155 Å². The normalized spacial score (nSPS) is 10.9. The van der Waals surface area contributed by atoms with Gasteiger partial charge in [-0.15, -0.1) is 0 Å². The van der Waals surface area contributed by atoms with Crippen LogP contribution in [0.15, 0.2) is 35.4 Å². The van der Waals surface area contributed by atoms with Gasteiger partial charge in [0.15, 0.2) is 10.8 Å². The number of nitrogens with zero attached hydrogens (tertiary/aromatic N) is 4. The molecule has 2 aromatic heterocycles. The van der Waals surface area contributed by atoms with Crippen molar-refractivity contribution in [2.45, 2.75) is 27.3 Å². The van der Waals surface area contributed by atoms with Gasteiger partial charge in [-0.2, -0.15) is 4.98 Å². The van der Waals surface area contributed by atoms with Crippen molar-refractivity contribution in [1.82, 2.24) is 14.5 Å². The predicted octanol–water partition coefficient (Wildman–Crippen LogP) is 2.65. The molecule has 3 rings (SSSR count). The Morgan fingerprint density at radius 3 is 2.58 bits per heavy atom. The Kier molecular flexibility index (Phi) is 5.32. The second kappa shape index (κ2) is 7.65. The molecule has 2 heterocycles. The lowest BCUT2D eigenvalue weighted by Crippen LogP contribution is -2.27. The molecule has 0 radical (unpaired) electrons. The molecule has 0 aliphatic heterocycles. The summed E-state index contributed by atoms with van der Waals surface area (Å²) in [6.07, 6.45) is 1.38. The molecule has 1 N–H and O–H groups in total. The molecule has 1 aromatic carbocycles. The average molecular weight is 371 g/mol. The number of carbonyl (C=O) groups is 1. The third kappa shape index (κ3) is 3.75. The van der Waals surface area contributed by atoms with Gasteiger partial charge in [0.2, 0.25) is 5.91 Å². The summed E-state index contributed by atoms with van der Waals surface area (Å²) in [4.78, 5) is 35.7. The van der Waals surface area contributed by atoms with E-state index in [1.54, 1.807) is 0 Å². The van der Waals surface area contributed by atoms with Crippen LogP contribution in [-0.2, 0) is 11.3 Å². The molecule has 0 saturated carbocycles. The third-order valence-electron chi connectivity index (χ3n) is 4.06. The van der Waals surface area contributed by atoms with Crippen LogP contribution >= 0.6 is 11.3 Å². The second-order valence-corrected chi connectivity index (χ2v) is 6.89. The van der Waals surface area contributed by atoms with Gasteiger partial charge in [0, 0.05) is 18.8 Å². The molecule has 26 heavy (non-hydrogen) atoms. The zero-order valence-corrected chi connectivity index (χ0v) is 15.8. The molecule has 0 bridgehead atoms. The lowest BCUT2D eigenvalue weighted by molar-refractivity contribution is -0.116. The highest BCUT2D eigenvalue weighted by molar-refractivity contribution is 7.22. The van der Waals surface area contributed by atoms with E-state index in [9.17, 15) is 9.59 Å². The maximum absolute atomic E-state index is 12.7. The maximum atomic E-state index is 12.7. The standard InChI is InChI=1S/C18H21N5O2S/c1-4-22(5-2)18-21-16-15(26-18)17(25)23(11-19-16)10-14(24)20-13-8-6-12(3)7-9-13/h6-9,11H,4-5,10H2,1-3H3,(H,20,24). The van der Waals surface area contributed by atoms with Gasteiger partial charge in [-0.25, -0.2) is 4.98 Å². The van der Waals surface area contributed by atoms with Crippen LogP contribution in [0.4, 0.5) is 10.8 Å². The molecule has 8 heteroatoms. The van der Waals surface area contributed by atoms with Crippen molar-refractivity contribution in [3.8, 4) is 0 Å². The van der Waals surface area contributed by atoms with E-state index in [0.717, 1.165) is 23.8 Å². The van der Waals surface area contributed by atoms with Crippen LogP contribution in [0.1, 0.15) is 19.4 Å². The molecule has 0 fully saturated rings. The van der Waals surface area contributed by atoms with Crippen LogP contribution in [-0.4, -0.2) is 33.5 Å². The number of aromatic nitrogens is 3. The van der Waals surface area contributed by atoms with E-state index in [2.05, 4.69) is 20.2 Å². The first-order valence-electron chi connectivity index (χ1n) is 8.49. The molecule has 0 spiro atoms. The minimum Gasteiger partial charge on any atom is -0.349 e. The van der Waals surface area contributed by atoms with E-state index >= 15 is 0 Å². The van der Waals surface area contributed by atoms with Crippen LogP contribution in [0.3, 0.4) is 0 Å². The minimum absolute atomic E-state index is 0.0891. The van der Waals surface area contributed by atoms with E-state index < -0.39 is 0 Å². The highest BCUT2D eigenvalue weighted by Gasteiger charge is 2.15. The number of hydrogen-bond donors (Lipinski definition) is 1. The Hall–Kier alpha value is -2.74. The first kappa shape index (κ1) is 18.1. The topological polar surface area (TPSA) is 80.1 Å². The number of aryl methyl sites for hydroxylation is 1. The fraction of sp³-hybridized carbons (Fsp3) is 0.333. The van der Waals surface area contributed by atoms with Crippen LogP contribution in [0, 0.1) is 6.92 Å². The average Bonchev–Trinajstić information content (AvgIpc) is 3.05. The highest BCUT2D eigenvalue weighted by Crippen LogP contribution is 2.24. The number of thiazole rings is 1. The lowest BCUT2D eigenvalue weighted by Gasteiger charge is -2.15. The summed E-state index contributed by atoms with van der Waals surface area (Å²) in [6.45, 7) is 7.59. The SMILES string of the molecule is CCN(CC)c1nc2ncn(CC(=O)Nc3ccc(C)cc3)c(=O)c2s1. The summed E-state index contributed by atoms with van der Waals surface area (Å²) in [6, 6.07) is 7.50. The number of carbonyl (C=O) groups excluding carboxylic acids is 1. The van der Waals surface area contributed by atoms with Crippen LogP contribution in [0.2, 0.25) is 0 Å². The number of rotatable bonds is 6. The van der Waals surface area contributed by atoms with Crippen molar-refractivity contribution in [1.29, 1.82) is 0 Å². The molecular formula is C18H21N5O2S. The summed E-state index contributed by atoms with van der Waals surface area (Å²) >= 11 is 1.32. The first-order valence-corrected chi connectivity index (χ1v) is 9.31. The fourth-order valence-electron chi connectivity index (χ4n) is 2.57. The highest BCUT2D eigenvalue weighted by atomic mass is 32.1. The summed E-state index contributed by atoms with van der Waals surface area (Å²) in [7, 11) is 0. The molecule has 0 saturated heterocycles. The predicted molar refractivity (Wildman–Crippen MR) is 105 cm³/mol. The van der Waals surface area contributed by atoms with Crippen LogP contribution < -0.4 is 15.8 Å². The molecule has 0 aliphatic carbocycles. The molecule has 1 amide bonds. The minimum atomic E-state index is -0.273.